The van der Waals surface area contributed by atoms with Crippen molar-refractivity contribution in [2.45, 2.75) is 37.9 Å². The van der Waals surface area contributed by atoms with Crippen molar-refractivity contribution in [1.82, 2.24) is 20.1 Å². The number of aromatic nitrogens is 2. The summed E-state index contributed by atoms with van der Waals surface area (Å²) in [5, 5.41) is 21.9. The number of hydrogen-bond acceptors (Lipinski definition) is 6. The van der Waals surface area contributed by atoms with Gasteiger partial charge in [0, 0.05) is 38.1 Å². The molecule has 8 nitrogen and oxygen atoms in total. The van der Waals surface area contributed by atoms with E-state index in [-0.39, 0.29) is 24.0 Å². The maximum atomic E-state index is 12.1. The average molecular weight is 444 g/mol. The normalized spacial score (nSPS) is 21.3. The zero-order valence-corrected chi connectivity index (χ0v) is 19.2. The molecule has 3 unspecified atom stereocenters. The summed E-state index contributed by atoms with van der Waals surface area (Å²) in [4.78, 5) is 12.1. The molecule has 1 aromatic heterocycles. The van der Waals surface area contributed by atoms with Gasteiger partial charge in [0.2, 0.25) is 5.91 Å². The van der Waals surface area contributed by atoms with Gasteiger partial charge in [-0.2, -0.15) is 10.2 Å². The SMILES string of the molecule is CNC(=O)Cc1ccccc1NC1CCN2N=NC(C)C2c2ccc(-c3cnn(C)c3)cc21. The van der Waals surface area contributed by atoms with Crippen LogP contribution in [0.25, 0.3) is 11.1 Å². The number of nitrogens with zero attached hydrogens (tertiary/aromatic N) is 5. The molecule has 2 aliphatic heterocycles. The summed E-state index contributed by atoms with van der Waals surface area (Å²) in [6.07, 6.45) is 5.15. The molecular formula is C25H29N7O. The number of para-hydroxylation sites is 1. The smallest absolute Gasteiger partial charge is 0.224 e. The molecule has 0 radical (unpaired) electrons. The Morgan fingerprint density at radius 2 is 2.00 bits per heavy atom. The van der Waals surface area contributed by atoms with Gasteiger partial charge >= 0.3 is 0 Å². The van der Waals surface area contributed by atoms with E-state index in [0.29, 0.717) is 6.42 Å². The number of fused-ring (bicyclic) bond motifs is 3. The van der Waals surface area contributed by atoms with Crippen LogP contribution in [0, 0.1) is 0 Å². The summed E-state index contributed by atoms with van der Waals surface area (Å²) >= 11 is 0. The Morgan fingerprint density at radius 1 is 1.15 bits per heavy atom. The summed E-state index contributed by atoms with van der Waals surface area (Å²) in [6.45, 7) is 2.93. The quantitative estimate of drug-likeness (QED) is 0.623. The van der Waals surface area contributed by atoms with Crippen LogP contribution < -0.4 is 10.6 Å². The minimum atomic E-state index is -0.000685. The highest BCUT2D eigenvalue weighted by atomic mass is 16.1. The number of carbonyl (C=O) groups is 1. The number of aryl methyl sites for hydroxylation is 1. The highest BCUT2D eigenvalue weighted by Crippen LogP contribution is 2.42. The zero-order chi connectivity index (χ0) is 22.9. The number of benzene rings is 2. The summed E-state index contributed by atoms with van der Waals surface area (Å²) in [5.41, 5.74) is 6.70. The Hall–Kier alpha value is -3.68. The van der Waals surface area contributed by atoms with Gasteiger partial charge in [0.1, 0.15) is 0 Å². The number of carbonyl (C=O) groups excluding carboxylic acids is 1. The van der Waals surface area contributed by atoms with E-state index >= 15 is 0 Å². The number of likely N-dealkylation sites (N-methyl/N-ethyl adjacent to an activating group) is 1. The van der Waals surface area contributed by atoms with Crippen LogP contribution in [0.4, 0.5) is 5.69 Å². The molecule has 170 valence electrons. The van der Waals surface area contributed by atoms with Crippen LogP contribution in [0.5, 0.6) is 0 Å². The van der Waals surface area contributed by atoms with Crippen LogP contribution in [0.15, 0.2) is 65.2 Å². The summed E-state index contributed by atoms with van der Waals surface area (Å²) in [6, 6.07) is 15.0. The van der Waals surface area contributed by atoms with Gasteiger partial charge in [-0.15, -0.1) is 0 Å². The molecule has 5 rings (SSSR count). The van der Waals surface area contributed by atoms with Crippen molar-refractivity contribution in [3.8, 4) is 11.1 Å². The molecule has 2 aliphatic rings. The van der Waals surface area contributed by atoms with E-state index in [1.165, 1.54) is 11.1 Å². The fourth-order valence-electron chi connectivity index (χ4n) is 4.85. The lowest BCUT2D eigenvalue weighted by Crippen LogP contribution is -2.25. The monoisotopic (exact) mass is 443 g/mol. The van der Waals surface area contributed by atoms with Crippen molar-refractivity contribution in [3.05, 3.63) is 71.5 Å². The highest BCUT2D eigenvalue weighted by molar-refractivity contribution is 5.80. The molecule has 33 heavy (non-hydrogen) atoms. The fourth-order valence-corrected chi connectivity index (χ4v) is 4.85. The molecule has 1 amide bonds. The van der Waals surface area contributed by atoms with Crippen molar-refractivity contribution in [1.29, 1.82) is 0 Å². The summed E-state index contributed by atoms with van der Waals surface area (Å²) in [5.74, 6) is -0.000685. The number of anilines is 1. The van der Waals surface area contributed by atoms with E-state index in [1.807, 2.05) is 42.3 Å². The third kappa shape index (κ3) is 4.08. The van der Waals surface area contributed by atoms with Crippen molar-refractivity contribution >= 4 is 11.6 Å². The van der Waals surface area contributed by atoms with Crippen molar-refractivity contribution in [2.75, 3.05) is 18.9 Å². The largest absolute Gasteiger partial charge is 0.378 e. The van der Waals surface area contributed by atoms with Gasteiger partial charge in [-0.25, -0.2) is 0 Å². The van der Waals surface area contributed by atoms with E-state index in [0.717, 1.165) is 35.3 Å². The topological polar surface area (TPSA) is 86.9 Å². The van der Waals surface area contributed by atoms with Crippen LogP contribution in [0.3, 0.4) is 0 Å². The van der Waals surface area contributed by atoms with Crippen LogP contribution in [0.2, 0.25) is 0 Å². The van der Waals surface area contributed by atoms with E-state index in [9.17, 15) is 4.79 Å². The van der Waals surface area contributed by atoms with Crippen LogP contribution in [-0.4, -0.2) is 40.3 Å². The first kappa shape index (κ1) is 21.2. The van der Waals surface area contributed by atoms with Crippen LogP contribution >= 0.6 is 0 Å². The Labute approximate surface area is 193 Å². The summed E-state index contributed by atoms with van der Waals surface area (Å²) in [7, 11) is 3.60. The van der Waals surface area contributed by atoms with Gasteiger partial charge in [0.25, 0.3) is 0 Å². The van der Waals surface area contributed by atoms with Gasteiger partial charge in [-0.1, -0.05) is 35.6 Å². The average Bonchev–Trinajstić information content (AvgIpc) is 3.38. The molecule has 0 saturated carbocycles. The molecule has 0 saturated heterocycles. The molecule has 0 bridgehead atoms. The Balaban J connectivity index is 1.55. The fraction of sp³-hybridized carbons (Fsp3) is 0.360. The van der Waals surface area contributed by atoms with E-state index in [1.54, 1.807) is 7.05 Å². The molecule has 3 aromatic rings. The Morgan fingerprint density at radius 3 is 2.79 bits per heavy atom. The maximum absolute atomic E-state index is 12.1. The molecule has 3 atom stereocenters. The molecule has 2 N–H and O–H groups in total. The predicted molar refractivity (Wildman–Crippen MR) is 128 cm³/mol. The van der Waals surface area contributed by atoms with Crippen LogP contribution in [-0.2, 0) is 18.3 Å². The molecule has 2 aromatic carbocycles. The molecule has 0 spiro atoms. The van der Waals surface area contributed by atoms with Crippen molar-refractivity contribution in [2.24, 2.45) is 17.4 Å². The lowest BCUT2D eigenvalue weighted by atomic mass is 9.90. The molecule has 0 fully saturated rings. The van der Waals surface area contributed by atoms with Crippen LogP contribution in [0.1, 0.15) is 42.1 Å². The molecular weight excluding hydrogens is 414 g/mol. The third-order valence-corrected chi connectivity index (χ3v) is 6.57. The second-order valence-corrected chi connectivity index (χ2v) is 8.79. The van der Waals surface area contributed by atoms with Crippen molar-refractivity contribution < 1.29 is 4.79 Å². The number of amides is 1. The third-order valence-electron chi connectivity index (χ3n) is 6.57. The van der Waals surface area contributed by atoms with Gasteiger partial charge in [-0.05, 0) is 47.7 Å². The Kier molecular flexibility index (Phi) is 5.58. The highest BCUT2D eigenvalue weighted by Gasteiger charge is 2.37. The van der Waals surface area contributed by atoms with Gasteiger partial charge in [0.05, 0.1) is 30.7 Å². The van der Waals surface area contributed by atoms with E-state index in [2.05, 4.69) is 62.3 Å². The minimum absolute atomic E-state index is 0.000685. The first-order valence-electron chi connectivity index (χ1n) is 11.4. The number of nitrogens with one attached hydrogen (secondary N) is 2. The lowest BCUT2D eigenvalue weighted by molar-refractivity contribution is -0.119. The molecule has 8 heteroatoms. The first-order valence-corrected chi connectivity index (χ1v) is 11.4. The number of hydrogen-bond donors (Lipinski definition) is 2. The zero-order valence-electron chi connectivity index (χ0n) is 19.2. The van der Waals surface area contributed by atoms with E-state index < -0.39 is 0 Å². The van der Waals surface area contributed by atoms with E-state index in [4.69, 9.17) is 0 Å². The standard InChI is InChI=1S/C25H29N7O/c1-16-25-20-9-8-17(19-14-27-31(3)15-19)12-21(20)23(10-11-32(25)30-29-16)28-22-7-5-4-6-18(22)13-24(33)26-2/h4-9,12,14-16,23,25,28H,10-11,13H2,1-3H3,(H,26,33). The first-order chi connectivity index (χ1) is 16.0. The van der Waals surface area contributed by atoms with Crippen molar-refractivity contribution in [3.63, 3.8) is 0 Å². The predicted octanol–water partition coefficient (Wildman–Crippen LogP) is 4.04. The number of rotatable bonds is 5. The Bertz CT molecular complexity index is 1200. The second kappa shape index (κ2) is 8.69. The minimum Gasteiger partial charge on any atom is -0.378 e. The molecule has 3 heterocycles. The molecule has 0 aliphatic carbocycles. The van der Waals surface area contributed by atoms with Gasteiger partial charge in [0.15, 0.2) is 0 Å². The van der Waals surface area contributed by atoms with Gasteiger partial charge in [-0.3, -0.25) is 14.5 Å². The van der Waals surface area contributed by atoms with Gasteiger partial charge < -0.3 is 10.6 Å². The second-order valence-electron chi connectivity index (χ2n) is 8.79. The maximum Gasteiger partial charge on any atom is 0.224 e. The summed E-state index contributed by atoms with van der Waals surface area (Å²) < 4.78 is 1.82. The lowest BCUT2D eigenvalue weighted by Gasteiger charge is -2.25.